The first-order valence-corrected chi connectivity index (χ1v) is 5.74. The van der Waals surface area contributed by atoms with E-state index in [-0.39, 0.29) is 0 Å². The Morgan fingerprint density at radius 3 is 2.56 bits per heavy atom. The molecule has 0 saturated heterocycles. The SMILES string of the molecule is CC/C(N)=C(C)/C(=N\C)NC(C)CCOC. The maximum Gasteiger partial charge on any atom is 0.125 e. The van der Waals surface area contributed by atoms with Crippen LogP contribution in [-0.4, -0.2) is 32.6 Å². The summed E-state index contributed by atoms with van der Waals surface area (Å²) >= 11 is 0. The number of amidine groups is 1. The standard InChI is InChI=1S/C12H25N3O/c1-6-11(13)10(3)12(14-4)15-9(2)7-8-16-5/h9H,6-8,13H2,1-5H3,(H,14,15)/b11-10-. The Hall–Kier alpha value is -1.03. The number of nitrogens with two attached hydrogens (primary N) is 1. The van der Waals surface area contributed by atoms with Crippen LogP contribution in [0.25, 0.3) is 0 Å². The Morgan fingerprint density at radius 1 is 1.50 bits per heavy atom. The highest BCUT2D eigenvalue weighted by Crippen LogP contribution is 2.04. The second kappa shape index (κ2) is 8.16. The van der Waals surface area contributed by atoms with Gasteiger partial charge in [-0.15, -0.1) is 0 Å². The lowest BCUT2D eigenvalue weighted by atomic mass is 10.1. The fraction of sp³-hybridized carbons (Fsp3) is 0.750. The summed E-state index contributed by atoms with van der Waals surface area (Å²) in [5, 5.41) is 3.35. The molecule has 0 amide bonds. The van der Waals surface area contributed by atoms with Crippen molar-refractivity contribution in [1.29, 1.82) is 0 Å². The van der Waals surface area contributed by atoms with Gasteiger partial charge in [-0.1, -0.05) is 6.92 Å². The van der Waals surface area contributed by atoms with Gasteiger partial charge in [0, 0.05) is 38.1 Å². The average molecular weight is 227 g/mol. The molecule has 0 rings (SSSR count). The molecule has 94 valence electrons. The zero-order valence-corrected chi connectivity index (χ0v) is 11.1. The van der Waals surface area contributed by atoms with Crippen LogP contribution < -0.4 is 11.1 Å². The molecule has 1 unspecified atom stereocenters. The van der Waals surface area contributed by atoms with E-state index in [1.54, 1.807) is 14.2 Å². The zero-order valence-electron chi connectivity index (χ0n) is 11.1. The Balaban J connectivity index is 4.43. The average Bonchev–Trinajstić information content (AvgIpc) is 2.31. The van der Waals surface area contributed by atoms with Crippen LogP contribution in [-0.2, 0) is 4.74 Å². The van der Waals surface area contributed by atoms with Crippen LogP contribution in [0.2, 0.25) is 0 Å². The number of nitrogens with one attached hydrogen (secondary N) is 1. The molecule has 3 N–H and O–H groups in total. The molecule has 0 aromatic carbocycles. The lowest BCUT2D eigenvalue weighted by Gasteiger charge is -2.18. The molecule has 0 aromatic heterocycles. The van der Waals surface area contributed by atoms with E-state index in [0.29, 0.717) is 6.04 Å². The predicted molar refractivity (Wildman–Crippen MR) is 69.6 cm³/mol. The Labute approximate surface area is 99.0 Å². The van der Waals surface area contributed by atoms with Gasteiger partial charge >= 0.3 is 0 Å². The molecule has 0 spiro atoms. The summed E-state index contributed by atoms with van der Waals surface area (Å²) in [7, 11) is 3.49. The highest BCUT2D eigenvalue weighted by Gasteiger charge is 2.08. The van der Waals surface area contributed by atoms with E-state index in [9.17, 15) is 0 Å². The van der Waals surface area contributed by atoms with Gasteiger partial charge in [0.25, 0.3) is 0 Å². The fourth-order valence-corrected chi connectivity index (χ4v) is 1.36. The van der Waals surface area contributed by atoms with Crippen molar-refractivity contribution < 1.29 is 4.74 Å². The van der Waals surface area contributed by atoms with E-state index >= 15 is 0 Å². The molecule has 1 atom stereocenters. The van der Waals surface area contributed by atoms with Crippen LogP contribution in [0.15, 0.2) is 16.3 Å². The highest BCUT2D eigenvalue weighted by molar-refractivity contribution is 5.98. The van der Waals surface area contributed by atoms with Crippen molar-refractivity contribution in [3.8, 4) is 0 Å². The number of rotatable bonds is 6. The summed E-state index contributed by atoms with van der Waals surface area (Å²) in [5.74, 6) is 0.878. The molecule has 0 aromatic rings. The van der Waals surface area contributed by atoms with Gasteiger partial charge in [-0.2, -0.15) is 0 Å². The largest absolute Gasteiger partial charge is 0.402 e. The molecule has 16 heavy (non-hydrogen) atoms. The zero-order chi connectivity index (χ0) is 12.6. The van der Waals surface area contributed by atoms with Crippen LogP contribution in [0, 0.1) is 0 Å². The third-order valence-corrected chi connectivity index (χ3v) is 2.58. The fourth-order valence-electron chi connectivity index (χ4n) is 1.36. The van der Waals surface area contributed by atoms with Crippen molar-refractivity contribution in [3.05, 3.63) is 11.3 Å². The summed E-state index contributed by atoms with van der Waals surface area (Å²) in [5.41, 5.74) is 7.82. The van der Waals surface area contributed by atoms with E-state index in [4.69, 9.17) is 10.5 Å². The smallest absolute Gasteiger partial charge is 0.125 e. The Morgan fingerprint density at radius 2 is 2.12 bits per heavy atom. The lowest BCUT2D eigenvalue weighted by Crippen LogP contribution is -2.35. The molecular weight excluding hydrogens is 202 g/mol. The normalized spacial score (nSPS) is 15.7. The summed E-state index contributed by atoms with van der Waals surface area (Å²) in [4.78, 5) is 4.23. The van der Waals surface area contributed by atoms with Gasteiger partial charge in [0.05, 0.1) is 0 Å². The molecule has 0 saturated carbocycles. The number of hydrogen-bond acceptors (Lipinski definition) is 3. The number of aliphatic imine (C=N–C) groups is 1. The van der Waals surface area contributed by atoms with Crippen molar-refractivity contribution in [2.75, 3.05) is 20.8 Å². The van der Waals surface area contributed by atoms with Crippen LogP contribution in [0.5, 0.6) is 0 Å². The predicted octanol–water partition coefficient (Wildman–Crippen LogP) is 1.67. The molecule has 0 aliphatic carbocycles. The number of nitrogens with zero attached hydrogens (tertiary/aromatic N) is 1. The first kappa shape index (κ1) is 15.0. The van der Waals surface area contributed by atoms with Crippen molar-refractivity contribution in [2.24, 2.45) is 10.7 Å². The molecule has 4 heteroatoms. The third-order valence-electron chi connectivity index (χ3n) is 2.58. The minimum Gasteiger partial charge on any atom is -0.402 e. The summed E-state index contributed by atoms with van der Waals surface area (Å²) in [6.07, 6.45) is 1.80. The second-order valence-corrected chi connectivity index (χ2v) is 3.90. The molecule has 0 radical (unpaired) electrons. The quantitative estimate of drug-likeness (QED) is 0.536. The van der Waals surface area contributed by atoms with Gasteiger partial charge in [0.2, 0.25) is 0 Å². The van der Waals surface area contributed by atoms with E-state index in [1.807, 2.05) is 13.8 Å². The first-order valence-electron chi connectivity index (χ1n) is 5.74. The molecule has 4 nitrogen and oxygen atoms in total. The van der Waals surface area contributed by atoms with Gasteiger partial charge in [0.15, 0.2) is 0 Å². The summed E-state index contributed by atoms with van der Waals surface area (Å²) in [6, 6.07) is 0.332. The molecule has 0 aliphatic heterocycles. The first-order chi connectivity index (χ1) is 7.56. The van der Waals surface area contributed by atoms with Gasteiger partial charge in [-0.3, -0.25) is 4.99 Å². The maximum absolute atomic E-state index is 5.90. The lowest BCUT2D eigenvalue weighted by molar-refractivity contribution is 0.187. The van der Waals surface area contributed by atoms with Crippen molar-refractivity contribution in [1.82, 2.24) is 5.32 Å². The summed E-state index contributed by atoms with van der Waals surface area (Å²) < 4.78 is 5.04. The number of methoxy groups -OCH3 is 1. The van der Waals surface area contributed by atoms with Crippen LogP contribution in [0.1, 0.15) is 33.6 Å². The summed E-state index contributed by atoms with van der Waals surface area (Å²) in [6.45, 7) is 6.90. The van der Waals surface area contributed by atoms with E-state index in [2.05, 4.69) is 17.2 Å². The Kier molecular flexibility index (Phi) is 7.64. The van der Waals surface area contributed by atoms with Gasteiger partial charge < -0.3 is 15.8 Å². The molecule has 0 fully saturated rings. The second-order valence-electron chi connectivity index (χ2n) is 3.90. The van der Waals surface area contributed by atoms with E-state index in [1.165, 1.54) is 0 Å². The van der Waals surface area contributed by atoms with Gasteiger partial charge in [0.1, 0.15) is 5.84 Å². The van der Waals surface area contributed by atoms with Crippen molar-refractivity contribution in [2.45, 2.75) is 39.7 Å². The molecule has 0 heterocycles. The highest BCUT2D eigenvalue weighted by atomic mass is 16.5. The number of ether oxygens (including phenoxy) is 1. The number of allylic oxidation sites excluding steroid dienone is 1. The van der Waals surface area contributed by atoms with Crippen LogP contribution in [0.4, 0.5) is 0 Å². The molecular formula is C12H25N3O. The molecule has 0 bridgehead atoms. The van der Waals surface area contributed by atoms with Crippen LogP contribution in [0.3, 0.4) is 0 Å². The monoisotopic (exact) mass is 227 g/mol. The Bertz CT molecular complexity index is 259. The van der Waals surface area contributed by atoms with Crippen molar-refractivity contribution in [3.63, 3.8) is 0 Å². The minimum atomic E-state index is 0.332. The van der Waals surface area contributed by atoms with Gasteiger partial charge in [-0.05, 0) is 26.7 Å². The van der Waals surface area contributed by atoms with E-state index in [0.717, 1.165) is 36.6 Å². The molecule has 0 aliphatic rings. The topological polar surface area (TPSA) is 59.6 Å². The third kappa shape index (κ3) is 5.16. The minimum absolute atomic E-state index is 0.332. The van der Waals surface area contributed by atoms with Crippen LogP contribution >= 0.6 is 0 Å². The van der Waals surface area contributed by atoms with Gasteiger partial charge in [-0.25, -0.2) is 0 Å². The maximum atomic E-state index is 5.90. The van der Waals surface area contributed by atoms with E-state index < -0.39 is 0 Å². The van der Waals surface area contributed by atoms with Crippen molar-refractivity contribution >= 4 is 5.84 Å². The number of hydrogen-bond donors (Lipinski definition) is 2.